The first-order valence-electron chi connectivity index (χ1n) is 9.84. The fourth-order valence-electron chi connectivity index (χ4n) is 3.52. The fourth-order valence-corrected chi connectivity index (χ4v) is 3.52. The van der Waals surface area contributed by atoms with Gasteiger partial charge in [-0.05, 0) is 78.1 Å². The molecule has 2 aromatic carbocycles. The standard InChI is InChI=1S/C24H24N2O2/c1-2-3-16-28-22-7-4-19(5-8-22)24(27)26-15-12-21-17-20(6-9-23(21)26)18-10-13-25-14-11-18/h4-11,13-14,17H,2-3,12,15-16H2,1H3. The fraction of sp³-hybridized carbons (Fsp3) is 0.250. The summed E-state index contributed by atoms with van der Waals surface area (Å²) in [5.41, 5.74) is 5.20. The molecule has 4 rings (SSSR count). The number of unbranched alkanes of at least 4 members (excludes halogenated alkanes) is 1. The highest BCUT2D eigenvalue weighted by atomic mass is 16.5. The van der Waals surface area contributed by atoms with E-state index in [4.69, 9.17) is 4.74 Å². The molecule has 4 nitrogen and oxygen atoms in total. The Morgan fingerprint density at radius 2 is 1.82 bits per heavy atom. The first kappa shape index (κ1) is 18.2. The maximum Gasteiger partial charge on any atom is 0.258 e. The van der Waals surface area contributed by atoms with Crippen LogP contribution in [0, 0.1) is 0 Å². The molecule has 1 aliphatic rings. The first-order chi connectivity index (χ1) is 13.8. The highest BCUT2D eigenvalue weighted by Crippen LogP contribution is 2.33. The molecule has 0 bridgehead atoms. The van der Waals surface area contributed by atoms with Gasteiger partial charge in [0.05, 0.1) is 6.61 Å². The van der Waals surface area contributed by atoms with E-state index in [9.17, 15) is 4.79 Å². The Labute approximate surface area is 165 Å². The number of fused-ring (bicyclic) bond motifs is 1. The minimum atomic E-state index is 0.0375. The molecule has 1 aliphatic heterocycles. The van der Waals surface area contributed by atoms with Crippen molar-refractivity contribution in [1.82, 2.24) is 4.98 Å². The van der Waals surface area contributed by atoms with Crippen molar-refractivity contribution in [2.24, 2.45) is 0 Å². The van der Waals surface area contributed by atoms with Crippen LogP contribution in [0.3, 0.4) is 0 Å². The van der Waals surface area contributed by atoms with Gasteiger partial charge < -0.3 is 9.64 Å². The van der Waals surface area contributed by atoms with Crippen molar-refractivity contribution in [1.29, 1.82) is 0 Å². The van der Waals surface area contributed by atoms with E-state index in [1.54, 1.807) is 12.4 Å². The number of hydrogen-bond donors (Lipinski definition) is 0. The van der Waals surface area contributed by atoms with Gasteiger partial charge in [0.1, 0.15) is 5.75 Å². The van der Waals surface area contributed by atoms with Gasteiger partial charge in [-0.25, -0.2) is 0 Å². The van der Waals surface area contributed by atoms with E-state index in [0.717, 1.165) is 41.8 Å². The molecule has 0 aliphatic carbocycles. The summed E-state index contributed by atoms with van der Waals surface area (Å²) in [4.78, 5) is 19.0. The van der Waals surface area contributed by atoms with Gasteiger partial charge in [0.2, 0.25) is 0 Å². The molecular weight excluding hydrogens is 348 g/mol. The smallest absolute Gasteiger partial charge is 0.258 e. The predicted octanol–water partition coefficient (Wildman–Crippen LogP) is 5.13. The van der Waals surface area contributed by atoms with Crippen LogP contribution in [0.5, 0.6) is 5.75 Å². The van der Waals surface area contributed by atoms with Crippen molar-refractivity contribution in [3.63, 3.8) is 0 Å². The number of carbonyl (C=O) groups is 1. The lowest BCUT2D eigenvalue weighted by molar-refractivity contribution is 0.0989. The molecule has 0 saturated heterocycles. The number of hydrogen-bond acceptors (Lipinski definition) is 3. The minimum Gasteiger partial charge on any atom is -0.494 e. The average Bonchev–Trinajstić information content (AvgIpc) is 3.18. The Morgan fingerprint density at radius 3 is 2.57 bits per heavy atom. The van der Waals surface area contributed by atoms with Gasteiger partial charge in [0.15, 0.2) is 0 Å². The SMILES string of the molecule is CCCCOc1ccc(C(=O)N2CCc3cc(-c4ccncc4)ccc32)cc1. The molecule has 2 heterocycles. The lowest BCUT2D eigenvalue weighted by atomic mass is 10.0. The molecule has 0 N–H and O–H groups in total. The lowest BCUT2D eigenvalue weighted by Crippen LogP contribution is -2.28. The van der Waals surface area contributed by atoms with Crippen molar-refractivity contribution in [2.45, 2.75) is 26.2 Å². The molecule has 1 aromatic heterocycles. The molecule has 0 radical (unpaired) electrons. The molecule has 0 atom stereocenters. The number of rotatable bonds is 6. The Morgan fingerprint density at radius 1 is 1.04 bits per heavy atom. The third-order valence-corrected chi connectivity index (χ3v) is 5.10. The number of pyridine rings is 1. The Balaban J connectivity index is 1.50. The largest absolute Gasteiger partial charge is 0.494 e. The van der Waals surface area contributed by atoms with Crippen LogP contribution in [0.15, 0.2) is 67.0 Å². The monoisotopic (exact) mass is 372 g/mol. The summed E-state index contributed by atoms with van der Waals surface area (Å²) in [5.74, 6) is 0.851. The van der Waals surface area contributed by atoms with E-state index in [1.165, 1.54) is 5.56 Å². The molecular formula is C24H24N2O2. The average molecular weight is 372 g/mol. The van der Waals surface area contributed by atoms with Crippen LogP contribution in [0.2, 0.25) is 0 Å². The molecule has 4 heteroatoms. The summed E-state index contributed by atoms with van der Waals surface area (Å²) in [7, 11) is 0. The van der Waals surface area contributed by atoms with E-state index in [0.29, 0.717) is 18.7 Å². The topological polar surface area (TPSA) is 42.4 Å². The third-order valence-electron chi connectivity index (χ3n) is 5.10. The van der Waals surface area contributed by atoms with Crippen LogP contribution in [0.1, 0.15) is 35.7 Å². The van der Waals surface area contributed by atoms with Crippen LogP contribution in [0.4, 0.5) is 5.69 Å². The van der Waals surface area contributed by atoms with Gasteiger partial charge in [0, 0.05) is 30.2 Å². The molecule has 0 unspecified atom stereocenters. The zero-order valence-corrected chi connectivity index (χ0v) is 16.1. The Kier molecular flexibility index (Phi) is 5.38. The van der Waals surface area contributed by atoms with E-state index in [-0.39, 0.29) is 5.91 Å². The van der Waals surface area contributed by atoms with Crippen molar-refractivity contribution < 1.29 is 9.53 Å². The zero-order chi connectivity index (χ0) is 19.3. The highest BCUT2D eigenvalue weighted by Gasteiger charge is 2.25. The first-order valence-corrected chi connectivity index (χ1v) is 9.84. The van der Waals surface area contributed by atoms with Crippen molar-refractivity contribution in [3.05, 3.63) is 78.1 Å². The quantitative estimate of drug-likeness (QED) is 0.563. The van der Waals surface area contributed by atoms with Crippen LogP contribution in [-0.4, -0.2) is 24.0 Å². The predicted molar refractivity (Wildman–Crippen MR) is 112 cm³/mol. The Bertz CT molecular complexity index is 952. The minimum absolute atomic E-state index is 0.0375. The second kappa shape index (κ2) is 8.26. The summed E-state index contributed by atoms with van der Waals surface area (Å²) in [5, 5.41) is 0. The van der Waals surface area contributed by atoms with Gasteiger partial charge in [-0.3, -0.25) is 9.78 Å². The normalized spacial score (nSPS) is 12.7. The van der Waals surface area contributed by atoms with Crippen LogP contribution >= 0.6 is 0 Å². The second-order valence-corrected chi connectivity index (χ2v) is 7.01. The highest BCUT2D eigenvalue weighted by molar-refractivity contribution is 6.07. The summed E-state index contributed by atoms with van der Waals surface area (Å²) >= 11 is 0. The van der Waals surface area contributed by atoms with E-state index in [1.807, 2.05) is 41.3 Å². The van der Waals surface area contributed by atoms with Gasteiger partial charge in [-0.2, -0.15) is 0 Å². The molecule has 142 valence electrons. The number of carbonyl (C=O) groups excluding carboxylic acids is 1. The molecule has 28 heavy (non-hydrogen) atoms. The van der Waals surface area contributed by atoms with E-state index >= 15 is 0 Å². The molecule has 0 fully saturated rings. The number of benzene rings is 2. The van der Waals surface area contributed by atoms with Crippen LogP contribution in [0.25, 0.3) is 11.1 Å². The maximum absolute atomic E-state index is 13.0. The number of ether oxygens (including phenoxy) is 1. The number of amides is 1. The van der Waals surface area contributed by atoms with E-state index < -0.39 is 0 Å². The van der Waals surface area contributed by atoms with Gasteiger partial charge in [-0.15, -0.1) is 0 Å². The van der Waals surface area contributed by atoms with Crippen molar-refractivity contribution in [3.8, 4) is 16.9 Å². The summed E-state index contributed by atoms with van der Waals surface area (Å²) < 4.78 is 5.69. The number of aromatic nitrogens is 1. The summed E-state index contributed by atoms with van der Waals surface area (Å²) in [6.45, 7) is 3.56. The summed E-state index contributed by atoms with van der Waals surface area (Å²) in [6.07, 6.45) is 6.61. The second-order valence-electron chi connectivity index (χ2n) is 7.01. The third kappa shape index (κ3) is 3.77. The molecule has 0 spiro atoms. The van der Waals surface area contributed by atoms with Crippen molar-refractivity contribution in [2.75, 3.05) is 18.1 Å². The van der Waals surface area contributed by atoms with Crippen molar-refractivity contribution >= 4 is 11.6 Å². The van der Waals surface area contributed by atoms with Crippen LogP contribution < -0.4 is 9.64 Å². The maximum atomic E-state index is 13.0. The molecule has 1 amide bonds. The molecule has 0 saturated carbocycles. The number of anilines is 1. The molecule has 3 aromatic rings. The lowest BCUT2D eigenvalue weighted by Gasteiger charge is -2.18. The van der Waals surface area contributed by atoms with E-state index in [2.05, 4.69) is 30.1 Å². The van der Waals surface area contributed by atoms with Crippen LogP contribution in [-0.2, 0) is 6.42 Å². The van der Waals surface area contributed by atoms with Gasteiger partial charge in [-0.1, -0.05) is 19.4 Å². The van der Waals surface area contributed by atoms with Gasteiger partial charge in [0.25, 0.3) is 5.91 Å². The summed E-state index contributed by atoms with van der Waals surface area (Å²) in [6, 6.07) is 17.8. The Hall–Kier alpha value is -3.14. The zero-order valence-electron chi connectivity index (χ0n) is 16.1. The van der Waals surface area contributed by atoms with Gasteiger partial charge >= 0.3 is 0 Å². The number of nitrogens with zero attached hydrogens (tertiary/aromatic N) is 2.